The monoisotopic (exact) mass is 504 g/mol. The number of amides is 1. The van der Waals surface area contributed by atoms with E-state index in [0.29, 0.717) is 16.8 Å². The lowest BCUT2D eigenvalue weighted by molar-refractivity contribution is -0.141. The second kappa shape index (κ2) is 9.02. The van der Waals surface area contributed by atoms with Crippen molar-refractivity contribution in [1.29, 1.82) is 5.26 Å². The summed E-state index contributed by atoms with van der Waals surface area (Å²) in [6.07, 6.45) is -4.19. The molecule has 0 fully saturated rings. The first-order valence-electron chi connectivity index (χ1n) is 11.1. The molecule has 0 saturated heterocycles. The van der Waals surface area contributed by atoms with Gasteiger partial charge in [-0.15, -0.1) is 0 Å². The van der Waals surface area contributed by atoms with Gasteiger partial charge in [0.2, 0.25) is 0 Å². The summed E-state index contributed by atoms with van der Waals surface area (Å²) in [4.78, 5) is 26.3. The van der Waals surface area contributed by atoms with Crippen LogP contribution in [-0.2, 0) is 12.6 Å². The van der Waals surface area contributed by atoms with Crippen molar-refractivity contribution in [3.63, 3.8) is 0 Å². The molecular formula is C27H16F4N4O2. The molecule has 0 radical (unpaired) electrons. The Kier molecular flexibility index (Phi) is 5.84. The highest BCUT2D eigenvalue weighted by Crippen LogP contribution is 2.37. The Bertz CT molecular complexity index is 1580. The third-order valence-electron chi connectivity index (χ3n) is 6.18. The smallest absolute Gasteiger partial charge is 0.307 e. The van der Waals surface area contributed by atoms with Crippen molar-refractivity contribution >= 4 is 17.9 Å². The molecule has 184 valence electrons. The number of nitriles is 1. The average molecular weight is 504 g/mol. The second-order valence-corrected chi connectivity index (χ2v) is 8.32. The van der Waals surface area contributed by atoms with E-state index in [4.69, 9.17) is 5.26 Å². The predicted octanol–water partition coefficient (Wildman–Crippen LogP) is 5.58. The van der Waals surface area contributed by atoms with Crippen molar-refractivity contribution in [2.45, 2.75) is 12.6 Å². The number of nitrogens with zero attached hydrogens (tertiary/aromatic N) is 4. The standard InChI is InChI=1S/C27H16F4N4O2/c28-23-10-9-20(13-18(23)14-32)35-24-22(25(33-35)27(29,30)31)11-12-34(26(24)37)19-7-5-16(6-8-19)21-4-2-1-3-17(21)15-36/h1-10,13,15H,11-12H2. The number of benzene rings is 3. The van der Waals surface area contributed by atoms with E-state index in [-0.39, 0.29) is 35.5 Å². The molecule has 6 nitrogen and oxygen atoms in total. The van der Waals surface area contributed by atoms with Gasteiger partial charge in [0.25, 0.3) is 5.91 Å². The summed E-state index contributed by atoms with van der Waals surface area (Å²) in [5, 5.41) is 12.8. The number of aromatic nitrogens is 2. The van der Waals surface area contributed by atoms with Crippen LogP contribution in [0.1, 0.15) is 37.7 Å². The molecule has 0 unspecified atom stereocenters. The number of alkyl halides is 3. The number of carbonyl (C=O) groups is 2. The first-order chi connectivity index (χ1) is 17.7. The summed E-state index contributed by atoms with van der Waals surface area (Å²) in [6, 6.07) is 18.5. The summed E-state index contributed by atoms with van der Waals surface area (Å²) in [5.41, 5.74) is 0.193. The molecule has 1 aromatic heterocycles. The number of rotatable bonds is 4. The average Bonchev–Trinajstić information content (AvgIpc) is 3.31. The molecule has 0 bridgehead atoms. The molecule has 10 heteroatoms. The van der Waals surface area contributed by atoms with Crippen LogP contribution >= 0.6 is 0 Å². The van der Waals surface area contributed by atoms with Crippen molar-refractivity contribution in [2.24, 2.45) is 0 Å². The first-order valence-corrected chi connectivity index (χ1v) is 11.1. The molecule has 0 N–H and O–H groups in total. The maximum absolute atomic E-state index is 13.9. The Hall–Kier alpha value is -4.78. The largest absolute Gasteiger partial charge is 0.435 e. The third-order valence-corrected chi connectivity index (χ3v) is 6.18. The number of anilines is 1. The maximum Gasteiger partial charge on any atom is 0.435 e. The van der Waals surface area contributed by atoms with E-state index in [0.717, 1.165) is 34.7 Å². The highest BCUT2D eigenvalue weighted by Gasteiger charge is 2.43. The molecule has 3 aromatic carbocycles. The quantitative estimate of drug-likeness (QED) is 0.268. The molecule has 0 atom stereocenters. The Morgan fingerprint density at radius 3 is 2.38 bits per heavy atom. The van der Waals surface area contributed by atoms with Crippen LogP contribution < -0.4 is 4.90 Å². The second-order valence-electron chi connectivity index (χ2n) is 8.32. The molecule has 4 aromatic rings. The highest BCUT2D eigenvalue weighted by molar-refractivity contribution is 6.07. The number of aldehydes is 1. The molecule has 0 spiro atoms. The molecular weight excluding hydrogens is 488 g/mol. The van der Waals surface area contributed by atoms with Crippen molar-refractivity contribution < 1.29 is 27.2 Å². The zero-order chi connectivity index (χ0) is 26.3. The molecule has 5 rings (SSSR count). The lowest BCUT2D eigenvalue weighted by Crippen LogP contribution is -2.39. The highest BCUT2D eigenvalue weighted by atomic mass is 19.4. The predicted molar refractivity (Wildman–Crippen MR) is 126 cm³/mol. The Morgan fingerprint density at radius 1 is 1.00 bits per heavy atom. The van der Waals surface area contributed by atoms with Crippen LogP contribution in [0.5, 0.6) is 0 Å². The van der Waals surface area contributed by atoms with E-state index in [1.807, 2.05) is 0 Å². The first kappa shape index (κ1) is 23.9. The fraction of sp³-hybridized carbons (Fsp3) is 0.111. The van der Waals surface area contributed by atoms with Crippen LogP contribution in [0, 0.1) is 17.1 Å². The van der Waals surface area contributed by atoms with Gasteiger partial charge in [0.1, 0.15) is 17.6 Å². The number of halogens is 4. The summed E-state index contributed by atoms with van der Waals surface area (Å²) in [5.74, 6) is -1.55. The van der Waals surface area contributed by atoms with Gasteiger partial charge in [-0.05, 0) is 47.9 Å². The van der Waals surface area contributed by atoms with Crippen molar-refractivity contribution in [2.75, 3.05) is 11.4 Å². The summed E-state index contributed by atoms with van der Waals surface area (Å²) in [7, 11) is 0. The molecule has 37 heavy (non-hydrogen) atoms. The topological polar surface area (TPSA) is 79.0 Å². The van der Waals surface area contributed by atoms with Crippen LogP contribution in [0.4, 0.5) is 23.2 Å². The number of fused-ring (bicyclic) bond motifs is 1. The third kappa shape index (κ3) is 4.14. The number of hydrogen-bond acceptors (Lipinski definition) is 4. The minimum absolute atomic E-state index is 0.0161. The van der Waals surface area contributed by atoms with Gasteiger partial charge in [0.05, 0.1) is 11.3 Å². The Morgan fingerprint density at radius 2 is 1.70 bits per heavy atom. The van der Waals surface area contributed by atoms with Gasteiger partial charge < -0.3 is 4.90 Å². The van der Waals surface area contributed by atoms with E-state index in [2.05, 4.69) is 5.10 Å². The van der Waals surface area contributed by atoms with Crippen molar-refractivity contribution in [3.8, 4) is 22.9 Å². The van der Waals surface area contributed by atoms with Crippen LogP contribution in [0.15, 0.2) is 66.7 Å². The van der Waals surface area contributed by atoms with Gasteiger partial charge in [-0.2, -0.15) is 23.5 Å². The van der Waals surface area contributed by atoms with E-state index < -0.39 is 23.6 Å². The zero-order valence-electron chi connectivity index (χ0n) is 19.0. The van der Waals surface area contributed by atoms with Crippen LogP contribution in [0.2, 0.25) is 0 Å². The van der Waals surface area contributed by atoms with Gasteiger partial charge in [-0.25, -0.2) is 9.07 Å². The normalized spacial score (nSPS) is 13.3. The fourth-order valence-corrected chi connectivity index (χ4v) is 4.44. The molecule has 0 aliphatic carbocycles. The molecule has 0 saturated carbocycles. The van der Waals surface area contributed by atoms with E-state index in [1.54, 1.807) is 54.6 Å². The van der Waals surface area contributed by atoms with Gasteiger partial charge >= 0.3 is 6.18 Å². The van der Waals surface area contributed by atoms with Crippen molar-refractivity contribution in [3.05, 3.63) is 101 Å². The molecule has 2 heterocycles. The molecule has 1 aliphatic rings. The van der Waals surface area contributed by atoms with Gasteiger partial charge in [0.15, 0.2) is 12.0 Å². The Labute approximate surface area is 208 Å². The summed E-state index contributed by atoms with van der Waals surface area (Å²) >= 11 is 0. The maximum atomic E-state index is 13.9. The minimum atomic E-state index is -4.82. The number of hydrogen-bond donors (Lipinski definition) is 0. The minimum Gasteiger partial charge on any atom is -0.307 e. The zero-order valence-corrected chi connectivity index (χ0v) is 19.0. The van der Waals surface area contributed by atoms with Crippen molar-refractivity contribution in [1.82, 2.24) is 9.78 Å². The van der Waals surface area contributed by atoms with Gasteiger partial charge in [0, 0.05) is 23.4 Å². The number of carbonyl (C=O) groups excluding carboxylic acids is 2. The van der Waals surface area contributed by atoms with Crippen LogP contribution in [0.25, 0.3) is 16.8 Å². The van der Waals surface area contributed by atoms with Gasteiger partial charge in [-0.3, -0.25) is 9.59 Å². The molecule has 1 amide bonds. The van der Waals surface area contributed by atoms with Crippen LogP contribution in [-0.4, -0.2) is 28.5 Å². The fourth-order valence-electron chi connectivity index (χ4n) is 4.44. The SMILES string of the molecule is N#Cc1cc(-n2nc(C(F)(F)F)c3c2C(=O)N(c2ccc(-c4ccccc4C=O)cc2)CC3)ccc1F. The van der Waals surface area contributed by atoms with E-state index in [9.17, 15) is 27.2 Å². The lowest BCUT2D eigenvalue weighted by Gasteiger charge is -2.28. The summed E-state index contributed by atoms with van der Waals surface area (Å²) < 4.78 is 56.1. The van der Waals surface area contributed by atoms with Crippen LogP contribution in [0.3, 0.4) is 0 Å². The molecule has 1 aliphatic heterocycles. The van der Waals surface area contributed by atoms with E-state index in [1.165, 1.54) is 4.90 Å². The Balaban J connectivity index is 1.57. The lowest BCUT2D eigenvalue weighted by atomic mass is 9.99. The van der Waals surface area contributed by atoms with Gasteiger partial charge in [-0.1, -0.05) is 36.4 Å². The van der Waals surface area contributed by atoms with E-state index >= 15 is 0 Å². The summed E-state index contributed by atoms with van der Waals surface area (Å²) in [6.45, 7) is -0.0161.